The molecule has 0 bridgehead atoms. The van der Waals surface area contributed by atoms with Crippen LogP contribution in [-0.2, 0) is 4.79 Å². The number of hydrogen-bond donors (Lipinski definition) is 2. The standard InChI is InChI=1S/C23H21FN4O4/c1-3-21(29)27-15-8-16(9-15)32-20-10-17-18(11-19(20)31-2)25-12-26-22(17)23(30)28-14-6-4-13(24)5-7-14/h3-7,10-12,15-16H,1,8-9H2,2H3,(H,27,29)(H,28,30). The molecule has 1 aliphatic rings. The first-order valence-electron chi connectivity index (χ1n) is 9.96. The lowest BCUT2D eigenvalue weighted by Gasteiger charge is -2.35. The molecule has 0 saturated heterocycles. The Kier molecular flexibility index (Phi) is 5.98. The van der Waals surface area contributed by atoms with Gasteiger partial charge in [-0.2, -0.15) is 0 Å². The Morgan fingerprint density at radius 1 is 1.16 bits per heavy atom. The van der Waals surface area contributed by atoms with E-state index in [9.17, 15) is 14.0 Å². The van der Waals surface area contributed by atoms with E-state index in [1.54, 1.807) is 12.1 Å². The Morgan fingerprint density at radius 2 is 1.91 bits per heavy atom. The molecule has 32 heavy (non-hydrogen) atoms. The van der Waals surface area contributed by atoms with E-state index < -0.39 is 11.7 Å². The van der Waals surface area contributed by atoms with Gasteiger partial charge in [0.25, 0.3) is 5.91 Å². The molecule has 164 valence electrons. The van der Waals surface area contributed by atoms with Gasteiger partial charge >= 0.3 is 0 Å². The number of amides is 2. The van der Waals surface area contributed by atoms with Gasteiger partial charge < -0.3 is 20.1 Å². The number of carbonyl (C=O) groups is 2. The molecule has 3 aromatic rings. The van der Waals surface area contributed by atoms with Crippen molar-refractivity contribution in [1.82, 2.24) is 15.3 Å². The van der Waals surface area contributed by atoms with Crippen molar-refractivity contribution in [3.05, 3.63) is 66.9 Å². The monoisotopic (exact) mass is 436 g/mol. The number of halogens is 1. The average molecular weight is 436 g/mol. The molecular weight excluding hydrogens is 415 g/mol. The van der Waals surface area contributed by atoms with Gasteiger partial charge in [-0.25, -0.2) is 14.4 Å². The number of ether oxygens (including phenoxy) is 2. The van der Waals surface area contributed by atoms with Crippen LogP contribution in [0, 0.1) is 5.82 Å². The number of aromatic nitrogens is 2. The van der Waals surface area contributed by atoms with E-state index in [1.807, 2.05) is 0 Å². The summed E-state index contributed by atoms with van der Waals surface area (Å²) in [4.78, 5) is 32.6. The van der Waals surface area contributed by atoms with Crippen molar-refractivity contribution in [1.29, 1.82) is 0 Å². The first kappa shape index (κ1) is 21.2. The highest BCUT2D eigenvalue weighted by Gasteiger charge is 2.32. The number of anilines is 1. The maximum absolute atomic E-state index is 13.1. The maximum Gasteiger partial charge on any atom is 0.275 e. The molecule has 1 fully saturated rings. The fraction of sp³-hybridized carbons (Fsp3) is 0.217. The largest absolute Gasteiger partial charge is 0.493 e. The van der Waals surface area contributed by atoms with E-state index >= 15 is 0 Å². The second kappa shape index (κ2) is 9.01. The lowest BCUT2D eigenvalue weighted by atomic mass is 9.89. The molecule has 1 aliphatic carbocycles. The zero-order valence-corrected chi connectivity index (χ0v) is 17.3. The molecule has 2 aromatic carbocycles. The SMILES string of the molecule is C=CC(=O)NC1CC(Oc2cc3c(C(=O)Nc4ccc(F)cc4)ncnc3cc2OC)C1. The summed E-state index contributed by atoms with van der Waals surface area (Å²) >= 11 is 0. The van der Waals surface area contributed by atoms with Crippen LogP contribution >= 0.6 is 0 Å². The summed E-state index contributed by atoms with van der Waals surface area (Å²) in [6, 6.07) is 8.82. The molecule has 0 atom stereocenters. The zero-order chi connectivity index (χ0) is 22.7. The molecule has 9 heteroatoms. The maximum atomic E-state index is 13.1. The number of hydrogen-bond acceptors (Lipinski definition) is 6. The Bertz CT molecular complexity index is 1180. The minimum Gasteiger partial charge on any atom is -0.493 e. The zero-order valence-electron chi connectivity index (χ0n) is 17.3. The Hall–Kier alpha value is -4.01. The van der Waals surface area contributed by atoms with E-state index in [4.69, 9.17) is 9.47 Å². The molecule has 0 spiro atoms. The van der Waals surface area contributed by atoms with Gasteiger partial charge in [0.15, 0.2) is 11.5 Å². The van der Waals surface area contributed by atoms with Gasteiger partial charge in [0.05, 0.1) is 12.6 Å². The van der Waals surface area contributed by atoms with Crippen molar-refractivity contribution in [3.8, 4) is 11.5 Å². The minimum atomic E-state index is -0.462. The van der Waals surface area contributed by atoms with Crippen LogP contribution in [0.15, 0.2) is 55.4 Å². The first-order chi connectivity index (χ1) is 15.5. The number of methoxy groups -OCH3 is 1. The summed E-state index contributed by atoms with van der Waals surface area (Å²) in [5, 5.41) is 6.01. The predicted molar refractivity (Wildman–Crippen MR) is 116 cm³/mol. The van der Waals surface area contributed by atoms with E-state index in [0.717, 1.165) is 0 Å². The van der Waals surface area contributed by atoms with Crippen molar-refractivity contribution in [3.63, 3.8) is 0 Å². The van der Waals surface area contributed by atoms with Gasteiger partial charge in [0.2, 0.25) is 5.91 Å². The van der Waals surface area contributed by atoms with Crippen molar-refractivity contribution in [2.24, 2.45) is 0 Å². The third kappa shape index (κ3) is 4.51. The molecule has 2 amide bonds. The normalized spacial score (nSPS) is 17.2. The third-order valence-electron chi connectivity index (χ3n) is 5.16. The lowest BCUT2D eigenvalue weighted by molar-refractivity contribution is -0.118. The van der Waals surface area contributed by atoms with Crippen LogP contribution in [-0.4, -0.2) is 41.0 Å². The van der Waals surface area contributed by atoms with Crippen LogP contribution in [0.25, 0.3) is 10.9 Å². The molecule has 0 unspecified atom stereocenters. The predicted octanol–water partition coefficient (Wildman–Crippen LogP) is 3.24. The van der Waals surface area contributed by atoms with E-state index in [-0.39, 0.29) is 23.7 Å². The van der Waals surface area contributed by atoms with Gasteiger partial charge in [0.1, 0.15) is 23.9 Å². The van der Waals surface area contributed by atoms with Crippen LogP contribution < -0.4 is 20.1 Å². The van der Waals surface area contributed by atoms with Crippen LogP contribution in [0.3, 0.4) is 0 Å². The summed E-state index contributed by atoms with van der Waals surface area (Å²) in [5.41, 5.74) is 1.10. The Labute approximate surface area is 183 Å². The molecular formula is C23H21FN4O4. The quantitative estimate of drug-likeness (QED) is 0.552. The van der Waals surface area contributed by atoms with Crippen molar-refractivity contribution in [2.75, 3.05) is 12.4 Å². The molecule has 1 heterocycles. The van der Waals surface area contributed by atoms with Crippen LogP contribution in [0.1, 0.15) is 23.3 Å². The van der Waals surface area contributed by atoms with Crippen molar-refractivity contribution in [2.45, 2.75) is 25.0 Å². The third-order valence-corrected chi connectivity index (χ3v) is 5.16. The van der Waals surface area contributed by atoms with E-state index in [1.165, 1.54) is 43.8 Å². The number of nitrogens with one attached hydrogen (secondary N) is 2. The van der Waals surface area contributed by atoms with E-state index in [0.29, 0.717) is 40.9 Å². The minimum absolute atomic E-state index is 0.0253. The molecule has 4 rings (SSSR count). The van der Waals surface area contributed by atoms with Crippen LogP contribution in [0.5, 0.6) is 11.5 Å². The fourth-order valence-corrected chi connectivity index (χ4v) is 3.44. The van der Waals surface area contributed by atoms with Crippen LogP contribution in [0.4, 0.5) is 10.1 Å². The van der Waals surface area contributed by atoms with Gasteiger partial charge in [0, 0.05) is 36.0 Å². The van der Waals surface area contributed by atoms with Gasteiger partial charge in [-0.3, -0.25) is 9.59 Å². The van der Waals surface area contributed by atoms with Gasteiger partial charge in [-0.1, -0.05) is 6.58 Å². The highest BCUT2D eigenvalue weighted by molar-refractivity contribution is 6.11. The lowest BCUT2D eigenvalue weighted by Crippen LogP contribution is -2.48. The van der Waals surface area contributed by atoms with E-state index in [2.05, 4.69) is 27.2 Å². The number of rotatable bonds is 7. The summed E-state index contributed by atoms with van der Waals surface area (Å²) in [7, 11) is 1.52. The second-order valence-corrected chi connectivity index (χ2v) is 7.32. The fourth-order valence-electron chi connectivity index (χ4n) is 3.44. The Balaban J connectivity index is 1.56. The van der Waals surface area contributed by atoms with Crippen LogP contribution in [0.2, 0.25) is 0 Å². The summed E-state index contributed by atoms with van der Waals surface area (Å²) in [6.07, 6.45) is 3.70. The number of carbonyl (C=O) groups excluding carboxylic acids is 2. The number of fused-ring (bicyclic) bond motifs is 1. The van der Waals surface area contributed by atoms with Gasteiger partial charge in [-0.05, 0) is 36.4 Å². The molecule has 8 nitrogen and oxygen atoms in total. The molecule has 0 aliphatic heterocycles. The molecule has 0 radical (unpaired) electrons. The summed E-state index contributed by atoms with van der Waals surface area (Å²) in [6.45, 7) is 3.44. The van der Waals surface area contributed by atoms with Crippen molar-refractivity contribution < 1.29 is 23.5 Å². The Morgan fingerprint density at radius 3 is 2.59 bits per heavy atom. The highest BCUT2D eigenvalue weighted by atomic mass is 19.1. The molecule has 1 aromatic heterocycles. The topological polar surface area (TPSA) is 102 Å². The highest BCUT2D eigenvalue weighted by Crippen LogP contribution is 2.36. The summed E-state index contributed by atoms with van der Waals surface area (Å²) in [5.74, 6) is -0.155. The number of nitrogens with zero attached hydrogens (tertiary/aromatic N) is 2. The second-order valence-electron chi connectivity index (χ2n) is 7.32. The average Bonchev–Trinajstić information content (AvgIpc) is 2.77. The van der Waals surface area contributed by atoms with Gasteiger partial charge in [-0.15, -0.1) is 0 Å². The first-order valence-corrected chi connectivity index (χ1v) is 9.96. The smallest absolute Gasteiger partial charge is 0.275 e. The molecule has 2 N–H and O–H groups in total. The molecule has 1 saturated carbocycles. The van der Waals surface area contributed by atoms with Crippen molar-refractivity contribution >= 4 is 28.4 Å². The summed E-state index contributed by atoms with van der Waals surface area (Å²) < 4.78 is 24.6. The number of benzene rings is 2.